The number of nitrogens with zero attached hydrogens (tertiary/aromatic N) is 4. The molecule has 3 aromatic rings. The van der Waals surface area contributed by atoms with E-state index in [1.165, 1.54) is 16.2 Å². The first-order valence-corrected chi connectivity index (χ1v) is 15.1. The van der Waals surface area contributed by atoms with Gasteiger partial charge >= 0.3 is 12.1 Å². The average molecular weight is 593 g/mol. The van der Waals surface area contributed by atoms with Gasteiger partial charge in [0.2, 0.25) is 5.91 Å². The normalized spacial score (nSPS) is 15.3. The second kappa shape index (κ2) is 13.8. The Balaban J connectivity index is 1.58. The van der Waals surface area contributed by atoms with E-state index < -0.39 is 23.7 Å². The molecule has 0 aliphatic carbocycles. The number of anilines is 1. The molecule has 224 valence electrons. The number of piperazine rings is 1. The van der Waals surface area contributed by atoms with Gasteiger partial charge in [-0.15, -0.1) is 0 Å². The van der Waals surface area contributed by atoms with Crippen molar-refractivity contribution in [2.45, 2.75) is 65.8 Å². The number of aryl methyl sites for hydroxylation is 1. The van der Waals surface area contributed by atoms with Crippen LogP contribution in [0, 0.1) is 6.92 Å². The lowest BCUT2D eigenvalue weighted by molar-refractivity contribution is -0.137. The van der Waals surface area contributed by atoms with E-state index in [0.717, 1.165) is 17.5 Å². The molecule has 4 rings (SSSR count). The van der Waals surface area contributed by atoms with Crippen LogP contribution in [0.2, 0.25) is 0 Å². The van der Waals surface area contributed by atoms with Crippen LogP contribution in [0.5, 0.6) is 0 Å². The van der Waals surface area contributed by atoms with Crippen molar-refractivity contribution in [1.82, 2.24) is 14.8 Å². The zero-order chi connectivity index (χ0) is 30.3. The SMILES string of the molecule is CCCN(Cc1ccccc1)C(=O)C1CN(c2nc(C)c(C(=O)OC(C)(C)C)s2)CCN1C(=O)OCc1ccccc1. The standard InChI is InChI=1S/C32H40N4O5S/c1-6-17-34(20-24-13-9-7-10-14-24)28(37)26-21-35(30-33-23(2)27(42-30)29(38)41-32(3,4)5)18-19-36(26)31(39)40-22-25-15-11-8-12-16-25/h7-16,26H,6,17-22H2,1-5H3. The van der Waals surface area contributed by atoms with Gasteiger partial charge in [-0.25, -0.2) is 14.6 Å². The molecule has 2 amide bonds. The highest BCUT2D eigenvalue weighted by atomic mass is 32.1. The van der Waals surface area contributed by atoms with Crippen LogP contribution in [-0.2, 0) is 27.4 Å². The van der Waals surface area contributed by atoms with Crippen molar-refractivity contribution in [1.29, 1.82) is 0 Å². The fraction of sp³-hybridized carbons (Fsp3) is 0.438. The minimum atomic E-state index is -0.786. The third-order valence-electron chi connectivity index (χ3n) is 6.77. The summed E-state index contributed by atoms with van der Waals surface area (Å²) in [6.07, 6.45) is 0.246. The summed E-state index contributed by atoms with van der Waals surface area (Å²) < 4.78 is 11.2. The number of thiazole rings is 1. The Morgan fingerprint density at radius 1 is 1.00 bits per heavy atom. The second-order valence-corrected chi connectivity index (χ2v) is 12.3. The van der Waals surface area contributed by atoms with E-state index in [1.807, 2.05) is 93.3 Å². The van der Waals surface area contributed by atoms with Crippen molar-refractivity contribution < 1.29 is 23.9 Å². The van der Waals surface area contributed by atoms with Crippen LogP contribution >= 0.6 is 11.3 Å². The molecule has 0 spiro atoms. The van der Waals surface area contributed by atoms with E-state index in [4.69, 9.17) is 9.47 Å². The maximum absolute atomic E-state index is 14.2. The summed E-state index contributed by atoms with van der Waals surface area (Å²) in [5, 5.41) is 0.619. The minimum absolute atomic E-state index is 0.119. The molecule has 2 aromatic carbocycles. The first-order valence-electron chi connectivity index (χ1n) is 14.3. The van der Waals surface area contributed by atoms with Crippen LogP contribution in [0.4, 0.5) is 9.93 Å². The number of benzene rings is 2. The molecule has 1 aliphatic heterocycles. The molecule has 1 aromatic heterocycles. The number of carbonyl (C=O) groups is 3. The topological polar surface area (TPSA) is 92.3 Å². The zero-order valence-electron chi connectivity index (χ0n) is 25.0. The van der Waals surface area contributed by atoms with Crippen molar-refractivity contribution in [3.05, 3.63) is 82.4 Å². The van der Waals surface area contributed by atoms with Crippen LogP contribution in [0.3, 0.4) is 0 Å². The predicted octanol–water partition coefficient (Wildman–Crippen LogP) is 5.67. The van der Waals surface area contributed by atoms with Crippen molar-refractivity contribution in [3.63, 3.8) is 0 Å². The van der Waals surface area contributed by atoms with Crippen molar-refractivity contribution >= 4 is 34.4 Å². The molecule has 42 heavy (non-hydrogen) atoms. The number of carbonyl (C=O) groups excluding carboxylic acids is 3. The van der Waals surface area contributed by atoms with E-state index in [-0.39, 0.29) is 25.6 Å². The van der Waals surface area contributed by atoms with Gasteiger partial charge in [0.1, 0.15) is 23.1 Å². The molecule has 10 heteroatoms. The molecule has 0 bridgehead atoms. The molecule has 0 radical (unpaired) electrons. The highest BCUT2D eigenvalue weighted by Crippen LogP contribution is 2.30. The molecule has 1 unspecified atom stereocenters. The van der Waals surface area contributed by atoms with Crippen LogP contribution < -0.4 is 4.90 Å². The molecule has 9 nitrogen and oxygen atoms in total. The van der Waals surface area contributed by atoms with Crippen LogP contribution in [0.15, 0.2) is 60.7 Å². The summed E-state index contributed by atoms with van der Waals surface area (Å²) in [6, 6.07) is 18.5. The maximum atomic E-state index is 14.2. The smallest absolute Gasteiger partial charge is 0.410 e. The van der Waals surface area contributed by atoms with E-state index >= 15 is 0 Å². The van der Waals surface area contributed by atoms with E-state index in [1.54, 1.807) is 11.8 Å². The molecule has 0 saturated carbocycles. The first-order chi connectivity index (χ1) is 20.1. The van der Waals surface area contributed by atoms with Gasteiger partial charge in [-0.05, 0) is 45.2 Å². The van der Waals surface area contributed by atoms with Crippen molar-refractivity contribution in [2.24, 2.45) is 0 Å². The van der Waals surface area contributed by atoms with Gasteiger partial charge < -0.3 is 19.3 Å². The number of esters is 1. The summed E-state index contributed by atoms with van der Waals surface area (Å²) in [7, 11) is 0. The molecule has 1 saturated heterocycles. The third kappa shape index (κ3) is 8.09. The van der Waals surface area contributed by atoms with Gasteiger partial charge in [0, 0.05) is 32.7 Å². The highest BCUT2D eigenvalue weighted by molar-refractivity contribution is 7.17. The number of hydrogen-bond donors (Lipinski definition) is 0. The number of amides is 2. The first kappa shape index (κ1) is 31.0. The molecular weight excluding hydrogens is 552 g/mol. The Morgan fingerprint density at radius 2 is 1.64 bits per heavy atom. The third-order valence-corrected chi connectivity index (χ3v) is 7.96. The summed E-state index contributed by atoms with van der Waals surface area (Å²) in [4.78, 5) is 50.8. The largest absolute Gasteiger partial charge is 0.456 e. The van der Waals surface area contributed by atoms with E-state index in [2.05, 4.69) is 4.98 Å². The van der Waals surface area contributed by atoms with Gasteiger partial charge in [-0.1, -0.05) is 78.9 Å². The molecule has 1 atom stereocenters. The molecule has 1 aliphatic rings. The summed E-state index contributed by atoms with van der Waals surface area (Å²) in [6.45, 7) is 11.3. The van der Waals surface area contributed by atoms with Crippen molar-refractivity contribution in [2.75, 3.05) is 31.1 Å². The Kier molecular flexibility index (Phi) is 10.2. The Morgan fingerprint density at radius 3 is 2.26 bits per heavy atom. The Hall–Kier alpha value is -3.92. The fourth-order valence-corrected chi connectivity index (χ4v) is 5.75. The van der Waals surface area contributed by atoms with Gasteiger partial charge in [0.25, 0.3) is 0 Å². The molecule has 0 N–H and O–H groups in total. The predicted molar refractivity (Wildman–Crippen MR) is 164 cm³/mol. The van der Waals surface area contributed by atoms with Gasteiger partial charge in [-0.2, -0.15) is 0 Å². The summed E-state index contributed by atoms with van der Waals surface area (Å²) in [5.74, 6) is -0.570. The minimum Gasteiger partial charge on any atom is -0.456 e. The van der Waals surface area contributed by atoms with Crippen molar-refractivity contribution in [3.8, 4) is 0 Å². The molecular formula is C32H40N4O5S. The Bertz CT molecular complexity index is 1360. The number of rotatable bonds is 9. The quantitative estimate of drug-likeness (QED) is 0.296. The Labute approximate surface area is 252 Å². The van der Waals surface area contributed by atoms with E-state index in [0.29, 0.717) is 35.3 Å². The van der Waals surface area contributed by atoms with E-state index in [9.17, 15) is 14.4 Å². The highest BCUT2D eigenvalue weighted by Gasteiger charge is 2.39. The summed E-state index contributed by atoms with van der Waals surface area (Å²) >= 11 is 1.25. The van der Waals surface area contributed by atoms with Crippen LogP contribution in [0.1, 0.15) is 60.6 Å². The fourth-order valence-electron chi connectivity index (χ4n) is 4.77. The lowest BCUT2D eigenvalue weighted by Crippen LogP contribution is -2.61. The van der Waals surface area contributed by atoms with Gasteiger partial charge in [0.15, 0.2) is 5.13 Å². The summed E-state index contributed by atoms with van der Waals surface area (Å²) in [5.41, 5.74) is 1.84. The van der Waals surface area contributed by atoms with Crippen LogP contribution in [-0.4, -0.2) is 70.6 Å². The monoisotopic (exact) mass is 592 g/mol. The molecule has 2 heterocycles. The number of ether oxygens (including phenoxy) is 2. The molecule has 1 fully saturated rings. The second-order valence-electron chi connectivity index (χ2n) is 11.4. The lowest BCUT2D eigenvalue weighted by Gasteiger charge is -2.41. The average Bonchev–Trinajstić information content (AvgIpc) is 3.37. The maximum Gasteiger partial charge on any atom is 0.410 e. The zero-order valence-corrected chi connectivity index (χ0v) is 25.9. The number of hydrogen-bond acceptors (Lipinski definition) is 8. The lowest BCUT2D eigenvalue weighted by atomic mass is 10.1. The van der Waals surface area contributed by atoms with Gasteiger partial charge in [-0.3, -0.25) is 9.69 Å². The van der Waals surface area contributed by atoms with Gasteiger partial charge in [0.05, 0.1) is 5.69 Å². The van der Waals surface area contributed by atoms with Crippen LogP contribution in [0.25, 0.3) is 0 Å². The number of aromatic nitrogens is 1.